The summed E-state index contributed by atoms with van der Waals surface area (Å²) in [5.74, 6) is 0.168. The van der Waals surface area contributed by atoms with Gasteiger partial charge in [-0.15, -0.1) is 11.3 Å². The number of anilines is 3. The quantitative estimate of drug-likeness (QED) is 0.463. The van der Waals surface area contributed by atoms with Crippen LogP contribution in [0.1, 0.15) is 5.69 Å². The fourth-order valence-electron chi connectivity index (χ4n) is 2.42. The van der Waals surface area contributed by atoms with E-state index in [1.165, 1.54) is 28.7 Å². The summed E-state index contributed by atoms with van der Waals surface area (Å²) in [6.07, 6.45) is 4.47. The fourth-order valence-corrected chi connectivity index (χ4v) is 4.77. The first-order valence-corrected chi connectivity index (χ1v) is 11.8. The molecule has 3 aromatic heterocycles. The van der Waals surface area contributed by atoms with Gasteiger partial charge >= 0.3 is 0 Å². The van der Waals surface area contributed by atoms with Crippen molar-refractivity contribution in [3.05, 3.63) is 47.7 Å². The second kappa shape index (κ2) is 7.81. The molecular formula is C17H14N6O3S3. The Hall–Kier alpha value is -2.96. The van der Waals surface area contributed by atoms with Crippen LogP contribution in [0.25, 0.3) is 10.2 Å². The molecular weight excluding hydrogens is 432 g/mol. The highest BCUT2D eigenvalue weighted by Gasteiger charge is 2.13. The molecule has 0 spiro atoms. The number of nitrogens with zero attached hydrogens (tertiary/aromatic N) is 4. The number of amides is 1. The number of rotatable bonds is 6. The monoisotopic (exact) mass is 446 g/mol. The van der Waals surface area contributed by atoms with Crippen LogP contribution in [0.2, 0.25) is 0 Å². The van der Waals surface area contributed by atoms with Gasteiger partial charge in [0, 0.05) is 24.0 Å². The summed E-state index contributed by atoms with van der Waals surface area (Å²) in [6.45, 7) is 0. The summed E-state index contributed by atoms with van der Waals surface area (Å²) < 4.78 is 24.0. The van der Waals surface area contributed by atoms with Gasteiger partial charge in [-0.25, -0.2) is 28.4 Å². The van der Waals surface area contributed by atoms with Crippen molar-refractivity contribution in [2.45, 2.75) is 11.3 Å². The van der Waals surface area contributed by atoms with Gasteiger partial charge in [0.25, 0.3) is 0 Å². The lowest BCUT2D eigenvalue weighted by molar-refractivity contribution is -0.115. The second-order valence-electron chi connectivity index (χ2n) is 5.99. The fraction of sp³-hybridized carbons (Fsp3) is 0.118. The Morgan fingerprint density at radius 2 is 1.93 bits per heavy atom. The Bertz CT molecular complexity index is 1280. The van der Waals surface area contributed by atoms with Crippen molar-refractivity contribution in [1.82, 2.24) is 19.9 Å². The van der Waals surface area contributed by atoms with Crippen LogP contribution in [-0.2, 0) is 21.1 Å². The maximum atomic E-state index is 12.3. The number of nitrogens with one attached hydrogen (secondary N) is 2. The number of hydrogen-bond acceptors (Lipinski definition) is 10. The lowest BCUT2D eigenvalue weighted by atomic mass is 10.3. The van der Waals surface area contributed by atoms with Crippen molar-refractivity contribution in [3.8, 4) is 0 Å². The lowest BCUT2D eigenvalue weighted by Crippen LogP contribution is -2.14. The minimum atomic E-state index is -3.30. The predicted molar refractivity (Wildman–Crippen MR) is 112 cm³/mol. The highest BCUT2D eigenvalue weighted by molar-refractivity contribution is 7.90. The maximum absolute atomic E-state index is 12.3. The first kappa shape index (κ1) is 19.4. The minimum Gasteiger partial charge on any atom is -0.302 e. The van der Waals surface area contributed by atoms with E-state index in [-0.39, 0.29) is 17.2 Å². The number of aromatic nitrogens is 4. The molecule has 29 heavy (non-hydrogen) atoms. The molecule has 4 aromatic rings. The Morgan fingerprint density at radius 3 is 2.69 bits per heavy atom. The maximum Gasteiger partial charge on any atom is 0.232 e. The molecule has 0 fully saturated rings. The third-order valence-corrected chi connectivity index (χ3v) is 6.56. The Balaban J connectivity index is 1.42. The normalized spacial score (nSPS) is 11.5. The smallest absolute Gasteiger partial charge is 0.232 e. The van der Waals surface area contributed by atoms with Crippen LogP contribution in [0.4, 0.5) is 16.2 Å². The van der Waals surface area contributed by atoms with Crippen LogP contribution in [0.5, 0.6) is 0 Å². The number of hydrogen-bond donors (Lipinski definition) is 2. The number of fused-ring (bicyclic) bond motifs is 1. The van der Waals surface area contributed by atoms with E-state index in [0.717, 1.165) is 6.26 Å². The topological polar surface area (TPSA) is 127 Å². The van der Waals surface area contributed by atoms with E-state index in [1.54, 1.807) is 36.0 Å². The SMILES string of the molecule is CS(=O)(=O)c1ccc2nc(NC(=O)Cc3csc(Nc4ncccn4)n3)sc2c1. The molecule has 9 nitrogen and oxygen atoms in total. The second-order valence-corrected chi connectivity index (χ2v) is 9.89. The summed E-state index contributed by atoms with van der Waals surface area (Å²) in [6, 6.07) is 6.40. The van der Waals surface area contributed by atoms with Gasteiger partial charge in [-0.2, -0.15) is 0 Å². The molecule has 3 heterocycles. The highest BCUT2D eigenvalue weighted by atomic mass is 32.2. The van der Waals surface area contributed by atoms with Crippen LogP contribution in [-0.4, -0.2) is 40.5 Å². The predicted octanol–water partition coefficient (Wildman–Crippen LogP) is 2.87. The van der Waals surface area contributed by atoms with E-state index in [1.807, 2.05) is 0 Å². The minimum absolute atomic E-state index is 0.0817. The molecule has 0 bridgehead atoms. The van der Waals surface area contributed by atoms with E-state index in [9.17, 15) is 13.2 Å². The number of benzene rings is 1. The zero-order chi connectivity index (χ0) is 20.4. The van der Waals surface area contributed by atoms with E-state index in [2.05, 4.69) is 30.6 Å². The van der Waals surface area contributed by atoms with E-state index >= 15 is 0 Å². The van der Waals surface area contributed by atoms with Gasteiger partial charge in [-0.3, -0.25) is 4.79 Å². The average Bonchev–Trinajstić information content (AvgIpc) is 3.27. The van der Waals surface area contributed by atoms with Gasteiger partial charge in [0.15, 0.2) is 20.1 Å². The standard InChI is InChI=1S/C17H14N6O3S3/c1-29(25,26)11-3-4-12-13(8-11)28-17(21-12)22-14(24)7-10-9-27-16(20-10)23-15-18-5-2-6-19-15/h2-6,8-9H,7H2,1H3,(H,21,22,24)(H,18,19,20,23). The number of carbonyl (C=O) groups excluding carboxylic acids is 1. The molecule has 0 unspecified atom stereocenters. The number of carbonyl (C=O) groups is 1. The van der Waals surface area contributed by atoms with Crippen molar-refractivity contribution in [2.24, 2.45) is 0 Å². The molecule has 0 radical (unpaired) electrons. The van der Waals surface area contributed by atoms with Gasteiger partial charge in [0.2, 0.25) is 11.9 Å². The first-order chi connectivity index (χ1) is 13.9. The summed E-state index contributed by atoms with van der Waals surface area (Å²) in [4.78, 5) is 29.4. The molecule has 4 rings (SSSR count). The van der Waals surface area contributed by atoms with E-state index < -0.39 is 9.84 Å². The molecule has 1 aromatic carbocycles. The lowest BCUT2D eigenvalue weighted by Gasteiger charge is -1.99. The summed E-state index contributed by atoms with van der Waals surface area (Å²) >= 11 is 2.57. The van der Waals surface area contributed by atoms with Crippen LogP contribution < -0.4 is 10.6 Å². The van der Waals surface area contributed by atoms with Crippen molar-refractivity contribution < 1.29 is 13.2 Å². The molecule has 1 amide bonds. The molecule has 148 valence electrons. The summed E-state index contributed by atoms with van der Waals surface area (Å²) in [7, 11) is -3.30. The molecule has 12 heteroatoms. The van der Waals surface area contributed by atoms with Crippen molar-refractivity contribution >= 4 is 64.8 Å². The number of sulfone groups is 1. The third-order valence-electron chi connectivity index (χ3n) is 3.71. The van der Waals surface area contributed by atoms with Gasteiger partial charge < -0.3 is 10.6 Å². The van der Waals surface area contributed by atoms with E-state index in [4.69, 9.17) is 0 Å². The molecule has 0 saturated carbocycles. The molecule has 0 saturated heterocycles. The van der Waals surface area contributed by atoms with Gasteiger partial charge in [-0.05, 0) is 24.3 Å². The average molecular weight is 447 g/mol. The first-order valence-electron chi connectivity index (χ1n) is 8.26. The zero-order valence-electron chi connectivity index (χ0n) is 15.0. The zero-order valence-corrected chi connectivity index (χ0v) is 17.4. The number of thiazole rings is 2. The van der Waals surface area contributed by atoms with Gasteiger partial charge in [0.05, 0.1) is 27.2 Å². The van der Waals surface area contributed by atoms with Crippen molar-refractivity contribution in [1.29, 1.82) is 0 Å². The van der Waals surface area contributed by atoms with Crippen molar-refractivity contribution in [3.63, 3.8) is 0 Å². The van der Waals surface area contributed by atoms with Crippen LogP contribution in [0.15, 0.2) is 46.9 Å². The molecule has 0 aliphatic rings. The van der Waals surface area contributed by atoms with Gasteiger partial charge in [-0.1, -0.05) is 11.3 Å². The van der Waals surface area contributed by atoms with Crippen LogP contribution in [0, 0.1) is 0 Å². The summed E-state index contributed by atoms with van der Waals surface area (Å²) in [5.41, 5.74) is 1.23. The van der Waals surface area contributed by atoms with E-state index in [0.29, 0.717) is 32.1 Å². The Kier molecular flexibility index (Phi) is 5.22. The summed E-state index contributed by atoms with van der Waals surface area (Å²) in [5, 5.41) is 8.49. The van der Waals surface area contributed by atoms with Gasteiger partial charge in [0.1, 0.15) is 0 Å². The van der Waals surface area contributed by atoms with Crippen molar-refractivity contribution in [2.75, 3.05) is 16.9 Å². The van der Waals surface area contributed by atoms with Crippen LogP contribution >= 0.6 is 22.7 Å². The molecule has 0 aliphatic carbocycles. The molecule has 0 aliphatic heterocycles. The largest absolute Gasteiger partial charge is 0.302 e. The Labute approximate surface area is 173 Å². The molecule has 2 N–H and O–H groups in total. The highest BCUT2D eigenvalue weighted by Crippen LogP contribution is 2.28. The molecule has 0 atom stereocenters. The van der Waals surface area contributed by atoms with Crippen LogP contribution in [0.3, 0.4) is 0 Å². The Morgan fingerprint density at radius 1 is 1.14 bits per heavy atom. The third kappa shape index (κ3) is 4.72.